The lowest BCUT2D eigenvalue weighted by Gasteiger charge is -2.28. The molecule has 0 spiro atoms. The van der Waals surface area contributed by atoms with Crippen molar-refractivity contribution >= 4 is 0 Å². The van der Waals surface area contributed by atoms with E-state index in [4.69, 9.17) is 0 Å². The topological polar surface area (TPSA) is 12.0 Å². The molecular weight excluding hydrogens is 172 g/mol. The first-order valence-electron chi connectivity index (χ1n) is 5.24. The molecule has 0 bridgehead atoms. The van der Waals surface area contributed by atoms with Crippen molar-refractivity contribution in [3.63, 3.8) is 0 Å². The summed E-state index contributed by atoms with van der Waals surface area (Å²) in [6.45, 7) is 2.07. The summed E-state index contributed by atoms with van der Waals surface area (Å²) in [6.07, 6.45) is 3.59. The molecule has 0 aromatic heterocycles. The molecule has 0 aromatic carbocycles. The quantitative estimate of drug-likeness (QED) is 0.720. The Morgan fingerprint density at radius 2 is 1.85 bits per heavy atom. The molecule has 0 atom stereocenters. The summed E-state index contributed by atoms with van der Waals surface area (Å²) in [5.41, 5.74) is 0. The van der Waals surface area contributed by atoms with Crippen molar-refractivity contribution in [2.24, 2.45) is 5.92 Å². The maximum atomic E-state index is 11.9. The summed E-state index contributed by atoms with van der Waals surface area (Å²) in [6, 6.07) is 0.344. The first-order valence-corrected chi connectivity index (χ1v) is 5.24. The molecule has 1 saturated carbocycles. The van der Waals surface area contributed by atoms with Crippen molar-refractivity contribution in [2.45, 2.75) is 51.5 Å². The van der Waals surface area contributed by atoms with E-state index in [2.05, 4.69) is 12.2 Å². The van der Waals surface area contributed by atoms with Crippen molar-refractivity contribution < 1.29 is 8.78 Å². The second-order valence-corrected chi connectivity index (χ2v) is 3.93. The molecule has 0 unspecified atom stereocenters. The summed E-state index contributed by atoms with van der Waals surface area (Å²) in [7, 11) is 0. The minimum absolute atomic E-state index is 0.137. The van der Waals surface area contributed by atoms with Gasteiger partial charge in [0.2, 0.25) is 0 Å². The van der Waals surface area contributed by atoms with Gasteiger partial charge in [-0.15, -0.1) is 0 Å². The molecule has 1 aliphatic carbocycles. The first kappa shape index (κ1) is 10.9. The van der Waals surface area contributed by atoms with Crippen molar-refractivity contribution in [1.29, 1.82) is 0 Å². The molecule has 1 nitrogen and oxygen atoms in total. The van der Waals surface area contributed by atoms with Crippen molar-refractivity contribution in [2.75, 3.05) is 6.54 Å². The van der Waals surface area contributed by atoms with Crippen molar-refractivity contribution in [3.8, 4) is 0 Å². The largest absolute Gasteiger partial charge is 0.309 e. The Bertz CT molecular complexity index is 131. The summed E-state index contributed by atoms with van der Waals surface area (Å²) in [5.74, 6) is 0.838. The molecule has 0 aromatic rings. The van der Waals surface area contributed by atoms with E-state index in [1.165, 1.54) is 19.3 Å². The SMILES string of the molecule is CCC1CCC(NCC(F)F)CC1. The number of hydrogen-bond acceptors (Lipinski definition) is 1. The van der Waals surface area contributed by atoms with Gasteiger partial charge in [-0.2, -0.15) is 0 Å². The lowest BCUT2D eigenvalue weighted by atomic mass is 9.84. The fraction of sp³-hybridized carbons (Fsp3) is 1.00. The second kappa shape index (κ2) is 5.53. The zero-order chi connectivity index (χ0) is 9.68. The standard InChI is InChI=1S/C10H19F2N/c1-2-8-3-5-9(6-4-8)13-7-10(11)12/h8-10,13H,2-7H2,1H3. The monoisotopic (exact) mass is 191 g/mol. The second-order valence-electron chi connectivity index (χ2n) is 3.93. The summed E-state index contributed by atoms with van der Waals surface area (Å²) in [4.78, 5) is 0. The van der Waals surface area contributed by atoms with Crippen molar-refractivity contribution in [1.82, 2.24) is 5.32 Å². The maximum absolute atomic E-state index is 11.9. The normalized spacial score (nSPS) is 29.5. The lowest BCUT2D eigenvalue weighted by molar-refractivity contribution is 0.135. The highest BCUT2D eigenvalue weighted by molar-refractivity contribution is 4.76. The van der Waals surface area contributed by atoms with E-state index in [9.17, 15) is 8.78 Å². The maximum Gasteiger partial charge on any atom is 0.250 e. The Hall–Kier alpha value is -0.180. The van der Waals surface area contributed by atoms with Gasteiger partial charge < -0.3 is 5.32 Å². The minimum atomic E-state index is -2.20. The van der Waals surface area contributed by atoms with Gasteiger partial charge in [-0.25, -0.2) is 8.78 Å². The zero-order valence-corrected chi connectivity index (χ0v) is 8.23. The highest BCUT2D eigenvalue weighted by atomic mass is 19.3. The van der Waals surface area contributed by atoms with Crippen LogP contribution in [0.3, 0.4) is 0 Å². The number of halogens is 2. The number of rotatable bonds is 4. The molecule has 1 N–H and O–H groups in total. The average Bonchev–Trinajstić information content (AvgIpc) is 2.15. The zero-order valence-electron chi connectivity index (χ0n) is 8.23. The van der Waals surface area contributed by atoms with Crippen LogP contribution in [0, 0.1) is 5.92 Å². The molecule has 78 valence electrons. The van der Waals surface area contributed by atoms with Gasteiger partial charge in [-0.1, -0.05) is 13.3 Å². The molecule has 0 radical (unpaired) electrons. The van der Waals surface area contributed by atoms with Gasteiger partial charge >= 0.3 is 0 Å². The molecule has 1 rings (SSSR count). The van der Waals surface area contributed by atoms with Crippen LogP contribution in [0.25, 0.3) is 0 Å². The number of nitrogens with one attached hydrogen (secondary N) is 1. The molecule has 0 aliphatic heterocycles. The molecule has 1 aliphatic rings. The average molecular weight is 191 g/mol. The third kappa shape index (κ3) is 4.03. The Morgan fingerprint density at radius 1 is 1.23 bits per heavy atom. The summed E-state index contributed by atoms with van der Waals surface area (Å²) < 4.78 is 23.7. The van der Waals surface area contributed by atoms with Crippen LogP contribution in [-0.4, -0.2) is 19.0 Å². The van der Waals surface area contributed by atoms with Crippen LogP contribution in [0.4, 0.5) is 8.78 Å². The smallest absolute Gasteiger partial charge is 0.250 e. The Labute approximate surface area is 78.9 Å². The van der Waals surface area contributed by atoms with Gasteiger partial charge in [0, 0.05) is 6.04 Å². The van der Waals surface area contributed by atoms with Gasteiger partial charge in [-0.05, 0) is 31.6 Å². The summed E-state index contributed by atoms with van der Waals surface area (Å²) in [5, 5.41) is 2.92. The van der Waals surface area contributed by atoms with Gasteiger partial charge in [0.05, 0.1) is 6.54 Å². The fourth-order valence-corrected chi connectivity index (χ4v) is 2.03. The van der Waals surface area contributed by atoms with Crippen LogP contribution in [0.15, 0.2) is 0 Å². The number of alkyl halides is 2. The van der Waals surface area contributed by atoms with E-state index in [0.717, 1.165) is 18.8 Å². The third-order valence-electron chi connectivity index (χ3n) is 2.98. The minimum Gasteiger partial charge on any atom is -0.309 e. The molecule has 13 heavy (non-hydrogen) atoms. The van der Waals surface area contributed by atoms with Crippen LogP contribution in [0.1, 0.15) is 39.0 Å². The Balaban J connectivity index is 2.10. The lowest BCUT2D eigenvalue weighted by Crippen LogP contribution is -2.36. The molecular formula is C10H19F2N. The van der Waals surface area contributed by atoms with Crippen LogP contribution in [-0.2, 0) is 0 Å². The van der Waals surface area contributed by atoms with Gasteiger partial charge in [-0.3, -0.25) is 0 Å². The predicted octanol–water partition coefficient (Wildman–Crippen LogP) is 2.81. The van der Waals surface area contributed by atoms with Crippen LogP contribution in [0.2, 0.25) is 0 Å². The van der Waals surface area contributed by atoms with E-state index in [0.29, 0.717) is 6.04 Å². The number of hydrogen-bond donors (Lipinski definition) is 1. The van der Waals surface area contributed by atoms with Gasteiger partial charge in [0.1, 0.15) is 0 Å². The fourth-order valence-electron chi connectivity index (χ4n) is 2.03. The van der Waals surface area contributed by atoms with Crippen LogP contribution < -0.4 is 5.32 Å². The van der Waals surface area contributed by atoms with Gasteiger partial charge in [0.15, 0.2) is 0 Å². The molecule has 0 amide bonds. The molecule has 1 fully saturated rings. The molecule has 0 heterocycles. The van der Waals surface area contributed by atoms with E-state index in [1.54, 1.807) is 0 Å². The Morgan fingerprint density at radius 3 is 2.31 bits per heavy atom. The van der Waals surface area contributed by atoms with Crippen molar-refractivity contribution in [3.05, 3.63) is 0 Å². The third-order valence-corrected chi connectivity index (χ3v) is 2.98. The highest BCUT2D eigenvalue weighted by Gasteiger charge is 2.19. The van der Waals surface area contributed by atoms with Crippen LogP contribution >= 0.6 is 0 Å². The van der Waals surface area contributed by atoms with Gasteiger partial charge in [0.25, 0.3) is 6.43 Å². The van der Waals surface area contributed by atoms with E-state index < -0.39 is 6.43 Å². The van der Waals surface area contributed by atoms with Crippen LogP contribution in [0.5, 0.6) is 0 Å². The first-order chi connectivity index (χ1) is 6.22. The molecule has 3 heteroatoms. The summed E-state index contributed by atoms with van der Waals surface area (Å²) >= 11 is 0. The Kier molecular flexibility index (Phi) is 4.64. The van der Waals surface area contributed by atoms with E-state index in [1.807, 2.05) is 0 Å². The van der Waals surface area contributed by atoms with E-state index >= 15 is 0 Å². The predicted molar refractivity (Wildman–Crippen MR) is 50.0 cm³/mol. The highest BCUT2D eigenvalue weighted by Crippen LogP contribution is 2.26. The molecule has 0 saturated heterocycles. The van der Waals surface area contributed by atoms with E-state index in [-0.39, 0.29) is 6.54 Å².